The summed E-state index contributed by atoms with van der Waals surface area (Å²) in [4.78, 5) is 0. The van der Waals surface area contributed by atoms with Gasteiger partial charge in [-0.3, -0.25) is 0 Å². The van der Waals surface area contributed by atoms with E-state index in [-0.39, 0.29) is 13.2 Å². The van der Waals surface area contributed by atoms with Crippen molar-refractivity contribution in [2.45, 2.75) is 30.5 Å². The van der Waals surface area contributed by atoms with Crippen molar-refractivity contribution < 1.29 is 30.9 Å². The van der Waals surface area contributed by atoms with Gasteiger partial charge in [0.1, 0.15) is 37.1 Å². The average Bonchev–Trinajstić information content (AvgIpc) is 2.15. The number of hydrogen-bond acceptors (Lipinski definition) is 5. The zero-order valence-corrected chi connectivity index (χ0v) is 7.21. The molecule has 6 heteroatoms. The summed E-state index contributed by atoms with van der Waals surface area (Å²) in [6.07, 6.45) is -5.14. The molecule has 0 amide bonds. The summed E-state index contributed by atoms with van der Waals surface area (Å²) in [5.41, 5.74) is 3.53. The second kappa shape index (κ2) is 4.32. The van der Waals surface area contributed by atoms with Crippen molar-refractivity contribution in [3.8, 4) is 0 Å². The third-order valence-electron chi connectivity index (χ3n) is 2.28. The van der Waals surface area contributed by atoms with Crippen LogP contribution in [0.3, 0.4) is 0 Å². The van der Waals surface area contributed by atoms with Crippen LogP contribution in [0.25, 0.3) is 0 Å². The Balaban J connectivity index is 2.66. The quantitative estimate of drug-likeness (QED) is 0.308. The molecule has 1 saturated heterocycles. The number of hydrogen-bond donors (Lipinski definition) is 5. The van der Waals surface area contributed by atoms with Crippen LogP contribution in [0.1, 0.15) is 0 Å². The molecule has 1 aliphatic heterocycles. The van der Waals surface area contributed by atoms with Crippen molar-refractivity contribution in [3.05, 3.63) is 0 Å². The lowest BCUT2D eigenvalue weighted by atomic mass is 9.95. The average molecular weight is 194 g/mol. The van der Waals surface area contributed by atoms with Gasteiger partial charge < -0.3 is 30.9 Å². The molecular formula is C7H16NO5+. The first-order valence-electron chi connectivity index (χ1n) is 4.21. The molecule has 7 N–H and O–H groups in total. The van der Waals surface area contributed by atoms with Gasteiger partial charge in [0, 0.05) is 0 Å². The predicted molar refractivity (Wildman–Crippen MR) is 41.5 cm³/mol. The lowest BCUT2D eigenvalue weighted by Gasteiger charge is -2.38. The Hall–Kier alpha value is -0.240. The summed E-state index contributed by atoms with van der Waals surface area (Å²) in [5, 5.41) is 36.8. The van der Waals surface area contributed by atoms with E-state index in [1.165, 1.54) is 0 Å². The Morgan fingerprint density at radius 3 is 2.00 bits per heavy atom. The van der Waals surface area contributed by atoms with Crippen molar-refractivity contribution in [2.24, 2.45) is 0 Å². The largest absolute Gasteiger partial charge is 0.394 e. The van der Waals surface area contributed by atoms with E-state index in [2.05, 4.69) is 5.73 Å². The number of quaternary nitrogens is 1. The summed E-state index contributed by atoms with van der Waals surface area (Å²) in [6, 6.07) is 0. The van der Waals surface area contributed by atoms with Crippen molar-refractivity contribution >= 4 is 0 Å². The molecule has 0 bridgehead atoms. The zero-order valence-electron chi connectivity index (χ0n) is 7.21. The van der Waals surface area contributed by atoms with Crippen LogP contribution in [-0.4, -0.2) is 64.1 Å². The van der Waals surface area contributed by atoms with Gasteiger partial charge in [-0.1, -0.05) is 0 Å². The van der Waals surface area contributed by atoms with E-state index in [0.717, 1.165) is 0 Å². The van der Waals surface area contributed by atoms with Gasteiger partial charge >= 0.3 is 0 Å². The summed E-state index contributed by atoms with van der Waals surface area (Å²) in [6.45, 7) is -0.108. The highest BCUT2D eigenvalue weighted by molar-refractivity contribution is 4.91. The zero-order chi connectivity index (χ0) is 10.0. The predicted octanol–water partition coefficient (Wildman–Crippen LogP) is -3.93. The first kappa shape index (κ1) is 10.8. The molecule has 5 unspecified atom stereocenters. The monoisotopic (exact) mass is 194 g/mol. The maximum atomic E-state index is 9.36. The lowest BCUT2D eigenvalue weighted by molar-refractivity contribution is -0.403. The van der Waals surface area contributed by atoms with Crippen molar-refractivity contribution in [1.82, 2.24) is 0 Å². The molecule has 1 heterocycles. The number of aliphatic hydroxyl groups excluding tert-OH is 4. The smallest absolute Gasteiger partial charge is 0.135 e. The minimum absolute atomic E-state index is 0.279. The lowest BCUT2D eigenvalue weighted by Crippen LogP contribution is -2.67. The summed E-state index contributed by atoms with van der Waals surface area (Å²) in [7, 11) is 0. The Morgan fingerprint density at radius 1 is 1.00 bits per heavy atom. The number of rotatable bonds is 2. The molecule has 0 aromatic carbocycles. The molecule has 1 fully saturated rings. The van der Waals surface area contributed by atoms with Crippen LogP contribution in [0.15, 0.2) is 0 Å². The van der Waals surface area contributed by atoms with E-state index in [1.807, 2.05) is 0 Å². The molecule has 0 radical (unpaired) electrons. The van der Waals surface area contributed by atoms with Gasteiger partial charge in [-0.2, -0.15) is 0 Å². The van der Waals surface area contributed by atoms with E-state index in [0.29, 0.717) is 0 Å². The van der Waals surface area contributed by atoms with Gasteiger partial charge in [0.2, 0.25) is 0 Å². The second-order valence-electron chi connectivity index (χ2n) is 3.16. The minimum atomic E-state index is -1.28. The third kappa shape index (κ3) is 1.98. The highest BCUT2D eigenvalue weighted by atomic mass is 16.5. The van der Waals surface area contributed by atoms with E-state index in [4.69, 9.17) is 9.84 Å². The molecule has 6 nitrogen and oxygen atoms in total. The highest BCUT2D eigenvalue weighted by Gasteiger charge is 2.43. The fourth-order valence-electron chi connectivity index (χ4n) is 1.42. The van der Waals surface area contributed by atoms with Crippen LogP contribution < -0.4 is 5.73 Å². The van der Waals surface area contributed by atoms with Crippen LogP contribution in [0.4, 0.5) is 0 Å². The molecule has 0 saturated carbocycles. The minimum Gasteiger partial charge on any atom is -0.394 e. The first-order chi connectivity index (χ1) is 6.11. The van der Waals surface area contributed by atoms with Crippen LogP contribution in [0.2, 0.25) is 0 Å². The van der Waals surface area contributed by atoms with Crippen molar-refractivity contribution in [3.63, 3.8) is 0 Å². The molecule has 1 aliphatic rings. The first-order valence-corrected chi connectivity index (χ1v) is 4.21. The maximum absolute atomic E-state index is 9.36. The van der Waals surface area contributed by atoms with Crippen molar-refractivity contribution in [2.75, 3.05) is 13.2 Å². The molecule has 1 rings (SSSR count). The van der Waals surface area contributed by atoms with E-state index in [9.17, 15) is 15.3 Å². The second-order valence-corrected chi connectivity index (χ2v) is 3.16. The maximum Gasteiger partial charge on any atom is 0.135 e. The van der Waals surface area contributed by atoms with Gasteiger partial charge in [-0.25, -0.2) is 0 Å². The molecule has 0 spiro atoms. The molecule has 78 valence electrons. The topological polar surface area (TPSA) is 118 Å². The Bertz CT molecular complexity index is 147. The Morgan fingerprint density at radius 2 is 1.54 bits per heavy atom. The molecule has 0 aliphatic carbocycles. The van der Waals surface area contributed by atoms with E-state index in [1.54, 1.807) is 0 Å². The molecule has 13 heavy (non-hydrogen) atoms. The van der Waals surface area contributed by atoms with Crippen molar-refractivity contribution in [1.29, 1.82) is 0 Å². The normalized spacial score (nSPS) is 46.4. The standard InChI is InChI=1S/C7H15NO5/c8-1-3-5(10)7(12)6(11)4(2-9)13-3/h3-7,9-12H,1-2,8H2/p+1. The fraction of sp³-hybridized carbons (Fsp3) is 1.00. The summed E-state index contributed by atoms with van der Waals surface area (Å²) in [5.74, 6) is 0. The summed E-state index contributed by atoms with van der Waals surface area (Å²) >= 11 is 0. The molecule has 5 atom stereocenters. The third-order valence-corrected chi connectivity index (χ3v) is 2.28. The molecular weight excluding hydrogens is 178 g/mol. The van der Waals surface area contributed by atoms with Crippen LogP contribution >= 0.6 is 0 Å². The van der Waals surface area contributed by atoms with Gasteiger partial charge in [0.05, 0.1) is 6.61 Å². The van der Waals surface area contributed by atoms with Crippen LogP contribution in [-0.2, 0) is 4.74 Å². The van der Waals surface area contributed by atoms with E-state index < -0.39 is 30.5 Å². The summed E-state index contributed by atoms with van der Waals surface area (Å²) < 4.78 is 5.11. The van der Waals surface area contributed by atoms with Gasteiger partial charge in [0.15, 0.2) is 0 Å². The number of ether oxygens (including phenoxy) is 1. The van der Waals surface area contributed by atoms with Gasteiger partial charge in [-0.05, 0) is 0 Å². The van der Waals surface area contributed by atoms with E-state index >= 15 is 0 Å². The SMILES string of the molecule is [NH3+]CC1OC(CO)C(O)C(O)C1O. The molecule has 0 aromatic heterocycles. The Labute approximate surface area is 75.6 Å². The fourth-order valence-corrected chi connectivity index (χ4v) is 1.42. The van der Waals surface area contributed by atoms with Crippen LogP contribution in [0, 0.1) is 0 Å². The van der Waals surface area contributed by atoms with Crippen LogP contribution in [0.5, 0.6) is 0 Å². The Kier molecular flexibility index (Phi) is 3.60. The van der Waals surface area contributed by atoms with Gasteiger partial charge in [-0.15, -0.1) is 0 Å². The molecule has 0 aromatic rings. The highest BCUT2D eigenvalue weighted by Crippen LogP contribution is 2.19. The van der Waals surface area contributed by atoms with Gasteiger partial charge in [0.25, 0.3) is 0 Å². The number of aliphatic hydroxyl groups is 4.